The van der Waals surface area contributed by atoms with E-state index in [9.17, 15) is 13.6 Å². The van der Waals surface area contributed by atoms with E-state index in [2.05, 4.69) is 15.4 Å². The van der Waals surface area contributed by atoms with Gasteiger partial charge in [-0.3, -0.25) is 4.79 Å². The highest BCUT2D eigenvalue weighted by molar-refractivity contribution is 7.17. The molecule has 0 saturated carbocycles. The van der Waals surface area contributed by atoms with Crippen LogP contribution in [0.2, 0.25) is 5.02 Å². The summed E-state index contributed by atoms with van der Waals surface area (Å²) in [5.41, 5.74) is 1.37. The van der Waals surface area contributed by atoms with Crippen molar-refractivity contribution in [3.05, 3.63) is 46.1 Å². The number of carbonyl (C=O) groups is 1. The highest BCUT2D eigenvalue weighted by atomic mass is 35.5. The Bertz CT molecular complexity index is 1020. The standard InChI is InChI=1S/C17H14Cl2F2N4OS/c1-9(2)22-13(26)8-7-12-14(10-5-3-4-6-11(10)18)23-16-25(12)24-15(27-16)17(19,20)21/h3-9H,1-2H3,(H,22,26). The number of fused-ring (bicyclic) bond motifs is 1. The van der Waals surface area contributed by atoms with Crippen molar-refractivity contribution in [1.29, 1.82) is 0 Å². The molecule has 0 aliphatic carbocycles. The molecular formula is C17H14Cl2F2N4OS. The van der Waals surface area contributed by atoms with E-state index in [1.54, 1.807) is 24.3 Å². The summed E-state index contributed by atoms with van der Waals surface area (Å²) in [7, 11) is 0. The molecule has 5 nitrogen and oxygen atoms in total. The van der Waals surface area contributed by atoms with E-state index in [4.69, 9.17) is 23.2 Å². The number of nitrogens with zero attached hydrogens (tertiary/aromatic N) is 3. The van der Waals surface area contributed by atoms with Crippen molar-refractivity contribution in [3.63, 3.8) is 0 Å². The van der Waals surface area contributed by atoms with Gasteiger partial charge in [0.1, 0.15) is 5.69 Å². The van der Waals surface area contributed by atoms with Crippen LogP contribution in [0, 0.1) is 0 Å². The van der Waals surface area contributed by atoms with Crippen LogP contribution in [0.25, 0.3) is 22.3 Å². The molecule has 0 unspecified atom stereocenters. The number of aromatic nitrogens is 3. The molecule has 0 fully saturated rings. The minimum atomic E-state index is -3.61. The van der Waals surface area contributed by atoms with E-state index in [1.165, 1.54) is 16.7 Å². The molecule has 0 aliphatic heterocycles. The summed E-state index contributed by atoms with van der Waals surface area (Å²) in [5, 5.41) is 2.82. The number of nitrogens with one attached hydrogen (secondary N) is 1. The van der Waals surface area contributed by atoms with Crippen LogP contribution < -0.4 is 5.32 Å². The Kier molecular flexibility index (Phi) is 5.50. The minimum Gasteiger partial charge on any atom is -0.350 e. The number of amides is 1. The number of alkyl halides is 3. The number of imidazole rings is 1. The molecule has 3 rings (SSSR count). The average Bonchev–Trinajstić information content (AvgIpc) is 3.10. The predicted octanol–water partition coefficient (Wildman–Crippen LogP) is 4.94. The summed E-state index contributed by atoms with van der Waals surface area (Å²) < 4.78 is 28.1. The maximum absolute atomic E-state index is 13.4. The number of halogens is 4. The third-order valence-corrected chi connectivity index (χ3v) is 5.03. The second-order valence-electron chi connectivity index (χ2n) is 5.92. The second kappa shape index (κ2) is 7.53. The lowest BCUT2D eigenvalue weighted by Crippen LogP contribution is -2.28. The lowest BCUT2D eigenvalue weighted by Gasteiger charge is -2.05. The first-order valence-corrected chi connectivity index (χ1v) is 9.44. The molecule has 2 aromatic heterocycles. The van der Waals surface area contributed by atoms with Crippen LogP contribution in [0.4, 0.5) is 8.78 Å². The Morgan fingerprint density at radius 3 is 2.70 bits per heavy atom. The number of rotatable bonds is 5. The molecule has 142 valence electrons. The molecule has 0 atom stereocenters. The fourth-order valence-corrected chi connectivity index (χ4v) is 3.52. The molecule has 2 heterocycles. The molecule has 27 heavy (non-hydrogen) atoms. The number of benzene rings is 1. The molecule has 0 bridgehead atoms. The molecule has 10 heteroatoms. The molecule has 3 aromatic rings. The summed E-state index contributed by atoms with van der Waals surface area (Å²) in [6.45, 7) is 3.65. The number of hydrogen-bond donors (Lipinski definition) is 1. The highest BCUT2D eigenvalue weighted by Gasteiger charge is 2.34. The lowest BCUT2D eigenvalue weighted by molar-refractivity contribution is -0.116. The van der Waals surface area contributed by atoms with E-state index >= 15 is 0 Å². The number of carbonyl (C=O) groups excluding carboxylic acids is 1. The van der Waals surface area contributed by atoms with Gasteiger partial charge < -0.3 is 5.32 Å². The summed E-state index contributed by atoms with van der Waals surface area (Å²) in [6, 6.07) is 6.93. The zero-order valence-corrected chi connectivity index (χ0v) is 16.5. The maximum atomic E-state index is 13.4. The maximum Gasteiger partial charge on any atom is 0.375 e. The predicted molar refractivity (Wildman–Crippen MR) is 103 cm³/mol. The van der Waals surface area contributed by atoms with Crippen LogP contribution in [0.1, 0.15) is 24.5 Å². The summed E-state index contributed by atoms with van der Waals surface area (Å²) >= 11 is 12.0. The first-order valence-electron chi connectivity index (χ1n) is 7.87. The molecule has 0 radical (unpaired) electrons. The molecule has 1 N–H and O–H groups in total. The van der Waals surface area contributed by atoms with Gasteiger partial charge in [0.15, 0.2) is 0 Å². The van der Waals surface area contributed by atoms with E-state index in [0.29, 0.717) is 33.3 Å². The van der Waals surface area contributed by atoms with Crippen LogP contribution in [-0.2, 0) is 10.2 Å². The van der Waals surface area contributed by atoms with Gasteiger partial charge in [-0.05, 0) is 37.6 Å². The monoisotopic (exact) mass is 430 g/mol. The zero-order valence-electron chi connectivity index (χ0n) is 14.2. The Labute approximate surface area is 167 Å². The molecular weight excluding hydrogens is 417 g/mol. The first kappa shape index (κ1) is 19.7. The van der Waals surface area contributed by atoms with Gasteiger partial charge in [0.05, 0.1) is 10.7 Å². The minimum absolute atomic E-state index is 0.0449. The Morgan fingerprint density at radius 2 is 2.07 bits per heavy atom. The third-order valence-electron chi connectivity index (χ3n) is 3.43. The van der Waals surface area contributed by atoms with E-state index in [-0.39, 0.29) is 16.9 Å². The molecule has 0 saturated heterocycles. The van der Waals surface area contributed by atoms with Crippen molar-refractivity contribution in [3.8, 4) is 11.3 Å². The largest absolute Gasteiger partial charge is 0.375 e. The lowest BCUT2D eigenvalue weighted by atomic mass is 10.1. The zero-order chi connectivity index (χ0) is 19.8. The van der Waals surface area contributed by atoms with E-state index in [1.807, 2.05) is 13.8 Å². The van der Waals surface area contributed by atoms with Crippen molar-refractivity contribution in [2.75, 3.05) is 0 Å². The topological polar surface area (TPSA) is 59.3 Å². The Hall–Kier alpha value is -2.03. The molecule has 0 spiro atoms. The molecule has 0 aliphatic rings. The first-order chi connectivity index (χ1) is 12.7. The fourth-order valence-electron chi connectivity index (χ4n) is 2.37. The van der Waals surface area contributed by atoms with Crippen LogP contribution in [0.15, 0.2) is 30.3 Å². The third kappa shape index (κ3) is 4.28. The fraction of sp³-hybridized carbons (Fsp3) is 0.235. The van der Waals surface area contributed by atoms with Crippen molar-refractivity contribution in [2.24, 2.45) is 0 Å². The van der Waals surface area contributed by atoms with Gasteiger partial charge in [0.25, 0.3) is 0 Å². The SMILES string of the molecule is CC(C)NC(=O)C=Cc1c(-c2ccccc2Cl)nc2sc(C(F)(F)Cl)nn12. The van der Waals surface area contributed by atoms with E-state index in [0.717, 1.165) is 0 Å². The number of hydrogen-bond acceptors (Lipinski definition) is 4. The Balaban J connectivity index is 2.15. The summed E-state index contributed by atoms with van der Waals surface area (Å²) in [4.78, 5) is 16.5. The van der Waals surface area contributed by atoms with Crippen LogP contribution >= 0.6 is 34.5 Å². The second-order valence-corrected chi connectivity index (χ2v) is 7.76. The van der Waals surface area contributed by atoms with Gasteiger partial charge in [0, 0.05) is 17.7 Å². The van der Waals surface area contributed by atoms with Gasteiger partial charge >= 0.3 is 5.38 Å². The van der Waals surface area contributed by atoms with Gasteiger partial charge in [-0.1, -0.05) is 41.1 Å². The van der Waals surface area contributed by atoms with Crippen molar-refractivity contribution < 1.29 is 13.6 Å². The van der Waals surface area contributed by atoms with Crippen molar-refractivity contribution in [2.45, 2.75) is 25.3 Å². The highest BCUT2D eigenvalue weighted by Crippen LogP contribution is 2.38. The van der Waals surface area contributed by atoms with Crippen LogP contribution in [-0.4, -0.2) is 26.5 Å². The van der Waals surface area contributed by atoms with Gasteiger partial charge in [-0.2, -0.15) is 13.9 Å². The van der Waals surface area contributed by atoms with Gasteiger partial charge in [-0.25, -0.2) is 9.50 Å². The van der Waals surface area contributed by atoms with Crippen LogP contribution in [0.3, 0.4) is 0 Å². The quantitative estimate of drug-likeness (QED) is 0.460. The van der Waals surface area contributed by atoms with Gasteiger partial charge in [-0.15, -0.1) is 0 Å². The summed E-state index contributed by atoms with van der Waals surface area (Å²) in [5.74, 6) is -0.330. The van der Waals surface area contributed by atoms with Gasteiger partial charge in [0.2, 0.25) is 15.9 Å². The average molecular weight is 431 g/mol. The normalized spacial score (nSPS) is 12.4. The van der Waals surface area contributed by atoms with Crippen molar-refractivity contribution >= 4 is 51.5 Å². The smallest absolute Gasteiger partial charge is 0.350 e. The van der Waals surface area contributed by atoms with E-state index < -0.39 is 10.4 Å². The molecule has 1 amide bonds. The summed E-state index contributed by atoms with van der Waals surface area (Å²) in [6.07, 6.45) is 2.76. The molecule has 1 aromatic carbocycles. The Morgan fingerprint density at radius 1 is 1.37 bits per heavy atom. The van der Waals surface area contributed by atoms with Crippen LogP contribution in [0.5, 0.6) is 0 Å². The van der Waals surface area contributed by atoms with Crippen molar-refractivity contribution in [1.82, 2.24) is 19.9 Å².